The number of hydrogen-bond donors (Lipinski definition) is 0. The van der Waals surface area contributed by atoms with E-state index in [4.69, 9.17) is 0 Å². The Morgan fingerprint density at radius 1 is 0.957 bits per heavy atom. The predicted molar refractivity (Wildman–Crippen MR) is 99.3 cm³/mol. The van der Waals surface area contributed by atoms with Crippen molar-refractivity contribution in [2.75, 3.05) is 0 Å². The van der Waals surface area contributed by atoms with E-state index in [9.17, 15) is 0 Å². The van der Waals surface area contributed by atoms with Crippen LogP contribution in [0.15, 0.2) is 12.7 Å². The molecule has 7 atom stereocenters. The Labute approximate surface area is 144 Å². The average Bonchev–Trinajstić information content (AvgIpc) is 2.93. The first-order valence-corrected chi connectivity index (χ1v) is 10.8. The highest BCUT2D eigenvalue weighted by atomic mass is 14.6. The predicted octanol–water partition coefficient (Wildman–Crippen LogP) is 7.00. The molecule has 4 aliphatic carbocycles. The second kappa shape index (κ2) is 5.92. The molecule has 0 radical (unpaired) electrons. The summed E-state index contributed by atoms with van der Waals surface area (Å²) in [6, 6.07) is 0. The summed E-state index contributed by atoms with van der Waals surface area (Å²) in [5.74, 6) is 5.03. The maximum Gasteiger partial charge on any atom is -0.0177 e. The first-order chi connectivity index (χ1) is 11.2. The maximum atomic E-state index is 4.24. The average molecular weight is 315 g/mol. The van der Waals surface area contributed by atoms with Gasteiger partial charge in [0, 0.05) is 0 Å². The van der Waals surface area contributed by atoms with E-state index >= 15 is 0 Å². The molecule has 0 saturated heterocycles. The molecule has 4 saturated carbocycles. The van der Waals surface area contributed by atoms with Gasteiger partial charge in [0.1, 0.15) is 0 Å². The lowest BCUT2D eigenvalue weighted by atomic mass is 9.44. The quantitative estimate of drug-likeness (QED) is 0.492. The van der Waals surface area contributed by atoms with Crippen LogP contribution in [-0.2, 0) is 0 Å². The lowest BCUT2D eigenvalue weighted by Crippen LogP contribution is -2.53. The Morgan fingerprint density at radius 2 is 1.83 bits per heavy atom. The van der Waals surface area contributed by atoms with Crippen molar-refractivity contribution in [3.8, 4) is 0 Å². The van der Waals surface area contributed by atoms with Gasteiger partial charge in [0.05, 0.1) is 0 Å². The van der Waals surface area contributed by atoms with E-state index < -0.39 is 0 Å². The van der Waals surface area contributed by atoms with Crippen molar-refractivity contribution in [2.24, 2.45) is 40.4 Å². The molecule has 4 aliphatic rings. The number of hydrogen-bond acceptors (Lipinski definition) is 0. The standard InChI is InChI=1S/C23H38/c1-4-14-23-16-13-20-19(21(23)12-10-17(23)5-2)11-9-18-8-6-7-15-22(18,20)3/h5,17-21H,2,4,6-16H2,1,3H3. The van der Waals surface area contributed by atoms with Gasteiger partial charge in [-0.25, -0.2) is 0 Å². The molecule has 0 aromatic rings. The first kappa shape index (κ1) is 16.2. The highest BCUT2D eigenvalue weighted by Crippen LogP contribution is 2.68. The molecule has 23 heavy (non-hydrogen) atoms. The molecule has 0 amide bonds. The Morgan fingerprint density at radius 3 is 2.61 bits per heavy atom. The molecule has 0 bridgehead atoms. The van der Waals surface area contributed by atoms with Gasteiger partial charge < -0.3 is 0 Å². The van der Waals surface area contributed by atoms with Crippen molar-refractivity contribution in [1.82, 2.24) is 0 Å². The summed E-state index contributed by atoms with van der Waals surface area (Å²) in [7, 11) is 0. The van der Waals surface area contributed by atoms with E-state index in [2.05, 4.69) is 26.5 Å². The summed E-state index contributed by atoms with van der Waals surface area (Å²) >= 11 is 0. The Balaban J connectivity index is 1.65. The summed E-state index contributed by atoms with van der Waals surface area (Å²) in [6.45, 7) is 9.37. The first-order valence-electron chi connectivity index (χ1n) is 10.8. The SMILES string of the molecule is C=CC1CCC2C3CCC4CCCCC4(C)C3CCC12CCC. The van der Waals surface area contributed by atoms with E-state index in [0.29, 0.717) is 10.8 Å². The maximum absolute atomic E-state index is 4.24. The van der Waals surface area contributed by atoms with E-state index in [0.717, 1.165) is 29.6 Å². The third kappa shape index (κ3) is 2.22. The molecular weight excluding hydrogens is 276 g/mol. The van der Waals surface area contributed by atoms with Crippen LogP contribution in [-0.4, -0.2) is 0 Å². The molecule has 0 N–H and O–H groups in total. The minimum Gasteiger partial charge on any atom is -0.103 e. The molecule has 0 heteroatoms. The van der Waals surface area contributed by atoms with Crippen LogP contribution in [0, 0.1) is 40.4 Å². The van der Waals surface area contributed by atoms with Gasteiger partial charge in [-0.1, -0.05) is 39.2 Å². The zero-order chi connectivity index (χ0) is 16.1. The van der Waals surface area contributed by atoms with Crippen LogP contribution in [0.3, 0.4) is 0 Å². The lowest BCUT2D eigenvalue weighted by molar-refractivity contribution is -0.114. The van der Waals surface area contributed by atoms with Crippen LogP contribution in [0.5, 0.6) is 0 Å². The zero-order valence-electron chi connectivity index (χ0n) is 15.7. The third-order valence-corrected chi connectivity index (χ3v) is 9.37. The second-order valence-electron chi connectivity index (χ2n) is 9.84. The largest absolute Gasteiger partial charge is 0.103 e. The number of fused-ring (bicyclic) bond motifs is 5. The molecule has 0 aromatic carbocycles. The minimum absolute atomic E-state index is 0.648. The number of rotatable bonds is 3. The van der Waals surface area contributed by atoms with Crippen LogP contribution in [0.25, 0.3) is 0 Å². The van der Waals surface area contributed by atoms with Gasteiger partial charge in [-0.2, -0.15) is 0 Å². The molecule has 130 valence electrons. The molecule has 4 rings (SSSR count). The van der Waals surface area contributed by atoms with Crippen molar-refractivity contribution in [2.45, 2.75) is 90.9 Å². The van der Waals surface area contributed by atoms with E-state index in [-0.39, 0.29) is 0 Å². The second-order valence-corrected chi connectivity index (χ2v) is 9.84. The smallest absolute Gasteiger partial charge is 0.0177 e. The van der Waals surface area contributed by atoms with Gasteiger partial charge in [0.2, 0.25) is 0 Å². The van der Waals surface area contributed by atoms with Crippen molar-refractivity contribution in [3.05, 3.63) is 12.7 Å². The van der Waals surface area contributed by atoms with Gasteiger partial charge in [0.15, 0.2) is 0 Å². The third-order valence-electron chi connectivity index (χ3n) is 9.37. The highest BCUT2D eigenvalue weighted by Gasteiger charge is 2.60. The summed E-state index contributed by atoms with van der Waals surface area (Å²) in [5.41, 5.74) is 1.35. The zero-order valence-corrected chi connectivity index (χ0v) is 15.7. The van der Waals surface area contributed by atoms with Crippen molar-refractivity contribution in [3.63, 3.8) is 0 Å². The normalized spacial score (nSPS) is 52.3. The Bertz CT molecular complexity index is 451. The van der Waals surface area contributed by atoms with Crippen LogP contribution >= 0.6 is 0 Å². The van der Waals surface area contributed by atoms with Crippen LogP contribution in [0.2, 0.25) is 0 Å². The van der Waals surface area contributed by atoms with Gasteiger partial charge in [-0.05, 0) is 98.2 Å². The van der Waals surface area contributed by atoms with Gasteiger partial charge >= 0.3 is 0 Å². The molecule has 0 aromatic heterocycles. The molecule has 0 nitrogen and oxygen atoms in total. The topological polar surface area (TPSA) is 0 Å². The summed E-state index contributed by atoms with van der Waals surface area (Å²) in [4.78, 5) is 0. The van der Waals surface area contributed by atoms with Crippen LogP contribution in [0.1, 0.15) is 90.9 Å². The summed E-state index contributed by atoms with van der Waals surface area (Å²) in [5, 5.41) is 0. The monoisotopic (exact) mass is 314 g/mol. The van der Waals surface area contributed by atoms with Crippen molar-refractivity contribution < 1.29 is 0 Å². The van der Waals surface area contributed by atoms with E-state index in [1.807, 2.05) is 0 Å². The van der Waals surface area contributed by atoms with Crippen LogP contribution in [0.4, 0.5) is 0 Å². The molecule has 7 unspecified atom stereocenters. The van der Waals surface area contributed by atoms with Gasteiger partial charge in [-0.15, -0.1) is 6.58 Å². The van der Waals surface area contributed by atoms with Gasteiger partial charge in [-0.3, -0.25) is 0 Å². The van der Waals surface area contributed by atoms with Crippen molar-refractivity contribution in [1.29, 1.82) is 0 Å². The summed E-state index contributed by atoms with van der Waals surface area (Å²) in [6.07, 6.45) is 20.4. The van der Waals surface area contributed by atoms with Crippen LogP contribution < -0.4 is 0 Å². The molecular formula is C23H38. The fourth-order valence-corrected chi connectivity index (χ4v) is 8.46. The Kier molecular flexibility index (Phi) is 4.18. The molecule has 4 fully saturated rings. The molecule has 0 spiro atoms. The molecule has 0 aliphatic heterocycles. The highest BCUT2D eigenvalue weighted by molar-refractivity contribution is 5.12. The fourth-order valence-electron chi connectivity index (χ4n) is 8.46. The van der Waals surface area contributed by atoms with Gasteiger partial charge in [0.25, 0.3) is 0 Å². The minimum atomic E-state index is 0.648. The van der Waals surface area contributed by atoms with E-state index in [1.54, 1.807) is 25.7 Å². The fraction of sp³-hybridized carbons (Fsp3) is 0.913. The Hall–Kier alpha value is -0.260. The molecule has 0 heterocycles. The van der Waals surface area contributed by atoms with E-state index in [1.165, 1.54) is 51.4 Å². The summed E-state index contributed by atoms with van der Waals surface area (Å²) < 4.78 is 0. The lowest BCUT2D eigenvalue weighted by Gasteiger charge is -2.61. The van der Waals surface area contributed by atoms with Crippen molar-refractivity contribution >= 4 is 0 Å². The number of allylic oxidation sites excluding steroid dienone is 1.